The lowest BCUT2D eigenvalue weighted by atomic mass is 9.63. The molecule has 3 N–H and O–H groups in total. The van der Waals surface area contributed by atoms with Crippen LogP contribution in [0.2, 0.25) is 0 Å². The van der Waals surface area contributed by atoms with Crippen LogP contribution in [0.3, 0.4) is 0 Å². The summed E-state index contributed by atoms with van der Waals surface area (Å²) in [6.07, 6.45) is 4.08. The molecule has 1 aromatic rings. The van der Waals surface area contributed by atoms with Gasteiger partial charge in [0.1, 0.15) is 0 Å². The molecule has 0 spiro atoms. The Morgan fingerprint density at radius 3 is 2.56 bits per heavy atom. The van der Waals surface area contributed by atoms with Crippen LogP contribution in [0.1, 0.15) is 38.2 Å². The standard InChI is InChI=1S/C16H23NO/c1-2-15(17)16(12-6-4-3-5-7-12)10-11-8-13(16)9-14(11)18/h3-7,11,13-15,18H,2,8-10,17H2,1H3/t11?,13?,14?,15?,16-/m1/s1. The fraction of sp³-hybridized carbons (Fsp3) is 0.625. The van der Waals surface area contributed by atoms with Gasteiger partial charge in [0, 0.05) is 11.5 Å². The van der Waals surface area contributed by atoms with Crippen molar-refractivity contribution in [2.45, 2.75) is 50.2 Å². The summed E-state index contributed by atoms with van der Waals surface area (Å²) in [5.41, 5.74) is 7.99. The van der Waals surface area contributed by atoms with Gasteiger partial charge in [-0.3, -0.25) is 0 Å². The Bertz CT molecular complexity index is 416. The first-order chi connectivity index (χ1) is 8.68. The Kier molecular flexibility index (Phi) is 2.95. The van der Waals surface area contributed by atoms with E-state index in [-0.39, 0.29) is 17.6 Å². The summed E-state index contributed by atoms with van der Waals surface area (Å²) in [7, 11) is 0. The van der Waals surface area contributed by atoms with Gasteiger partial charge < -0.3 is 10.8 Å². The third-order valence-electron chi connectivity index (χ3n) is 5.40. The van der Waals surface area contributed by atoms with Crippen LogP contribution in [-0.4, -0.2) is 17.3 Å². The molecule has 0 aromatic heterocycles. The molecule has 5 atom stereocenters. The molecule has 0 aliphatic heterocycles. The number of nitrogens with two attached hydrogens (primary N) is 1. The maximum absolute atomic E-state index is 10.0. The Hall–Kier alpha value is -0.860. The molecule has 2 fully saturated rings. The van der Waals surface area contributed by atoms with E-state index in [9.17, 15) is 5.11 Å². The van der Waals surface area contributed by atoms with Crippen LogP contribution in [0.15, 0.2) is 30.3 Å². The SMILES string of the molecule is CCC(N)[C@@]1(c2ccccc2)CC2CC1CC2O. The molecular weight excluding hydrogens is 222 g/mol. The summed E-state index contributed by atoms with van der Waals surface area (Å²) in [5.74, 6) is 1.03. The topological polar surface area (TPSA) is 46.2 Å². The molecule has 2 nitrogen and oxygen atoms in total. The van der Waals surface area contributed by atoms with Crippen LogP contribution in [0.4, 0.5) is 0 Å². The highest BCUT2D eigenvalue weighted by Gasteiger charge is 2.57. The number of aliphatic hydroxyl groups excluding tert-OH is 1. The summed E-state index contributed by atoms with van der Waals surface area (Å²) >= 11 is 0. The minimum atomic E-state index is -0.0871. The van der Waals surface area contributed by atoms with Gasteiger partial charge in [-0.2, -0.15) is 0 Å². The molecule has 0 saturated heterocycles. The van der Waals surface area contributed by atoms with E-state index in [1.54, 1.807) is 0 Å². The van der Waals surface area contributed by atoms with Crippen molar-refractivity contribution in [2.75, 3.05) is 0 Å². The molecule has 18 heavy (non-hydrogen) atoms. The predicted octanol–water partition coefficient (Wildman–Crippen LogP) is 2.45. The minimum absolute atomic E-state index is 0.0871. The van der Waals surface area contributed by atoms with Crippen molar-refractivity contribution in [3.8, 4) is 0 Å². The lowest BCUT2D eigenvalue weighted by molar-refractivity contribution is 0.0735. The van der Waals surface area contributed by atoms with Gasteiger partial charge in [-0.1, -0.05) is 37.3 Å². The normalized spacial score (nSPS) is 40.1. The van der Waals surface area contributed by atoms with E-state index in [4.69, 9.17) is 5.73 Å². The zero-order valence-corrected chi connectivity index (χ0v) is 11.0. The highest BCUT2D eigenvalue weighted by molar-refractivity contribution is 5.33. The van der Waals surface area contributed by atoms with E-state index in [1.807, 2.05) is 0 Å². The Morgan fingerprint density at radius 2 is 2.06 bits per heavy atom. The molecule has 0 radical (unpaired) electrons. The van der Waals surface area contributed by atoms with Crippen molar-refractivity contribution in [2.24, 2.45) is 17.6 Å². The van der Waals surface area contributed by atoms with Gasteiger partial charge in [0.2, 0.25) is 0 Å². The average Bonchev–Trinajstić information content (AvgIpc) is 2.96. The molecule has 1 aromatic carbocycles. The maximum Gasteiger partial charge on any atom is 0.0571 e. The fourth-order valence-corrected chi connectivity index (χ4v) is 4.48. The minimum Gasteiger partial charge on any atom is -0.393 e. The highest BCUT2D eigenvalue weighted by Crippen LogP contribution is 2.58. The van der Waals surface area contributed by atoms with Crippen LogP contribution in [0, 0.1) is 11.8 Å². The second-order valence-electron chi connectivity index (χ2n) is 6.12. The Balaban J connectivity index is 2.02. The van der Waals surface area contributed by atoms with Crippen LogP contribution in [0.25, 0.3) is 0 Å². The van der Waals surface area contributed by atoms with Gasteiger partial charge >= 0.3 is 0 Å². The van der Waals surface area contributed by atoms with Gasteiger partial charge in [0.15, 0.2) is 0 Å². The quantitative estimate of drug-likeness (QED) is 0.859. The lowest BCUT2D eigenvalue weighted by Gasteiger charge is -2.44. The van der Waals surface area contributed by atoms with Crippen molar-refractivity contribution in [3.05, 3.63) is 35.9 Å². The van der Waals surface area contributed by atoms with E-state index in [0.717, 1.165) is 25.7 Å². The third kappa shape index (κ3) is 1.55. The summed E-state index contributed by atoms with van der Waals surface area (Å²) in [6.45, 7) is 2.18. The average molecular weight is 245 g/mol. The third-order valence-corrected chi connectivity index (χ3v) is 5.40. The molecule has 3 rings (SSSR count). The van der Waals surface area contributed by atoms with Gasteiger partial charge in [-0.25, -0.2) is 0 Å². The summed E-state index contributed by atoms with van der Waals surface area (Å²) in [5, 5.41) is 10.0. The van der Waals surface area contributed by atoms with Crippen molar-refractivity contribution in [1.29, 1.82) is 0 Å². The molecule has 0 heterocycles. The van der Waals surface area contributed by atoms with E-state index in [2.05, 4.69) is 37.3 Å². The number of benzene rings is 1. The fourth-order valence-electron chi connectivity index (χ4n) is 4.48. The zero-order chi connectivity index (χ0) is 12.8. The first-order valence-electron chi connectivity index (χ1n) is 7.17. The molecule has 2 heteroatoms. The van der Waals surface area contributed by atoms with Crippen molar-refractivity contribution in [3.63, 3.8) is 0 Å². The highest BCUT2D eigenvalue weighted by atomic mass is 16.3. The van der Waals surface area contributed by atoms with E-state index < -0.39 is 0 Å². The van der Waals surface area contributed by atoms with Crippen LogP contribution in [-0.2, 0) is 5.41 Å². The monoisotopic (exact) mass is 245 g/mol. The van der Waals surface area contributed by atoms with Crippen molar-refractivity contribution in [1.82, 2.24) is 0 Å². The van der Waals surface area contributed by atoms with Crippen LogP contribution in [0.5, 0.6) is 0 Å². The van der Waals surface area contributed by atoms with Crippen LogP contribution < -0.4 is 5.73 Å². The molecular formula is C16H23NO. The summed E-state index contributed by atoms with van der Waals surface area (Å²) in [6, 6.07) is 11.0. The molecule has 2 bridgehead atoms. The molecule has 0 amide bonds. The first-order valence-corrected chi connectivity index (χ1v) is 7.17. The molecule has 2 aliphatic rings. The summed E-state index contributed by atoms with van der Waals surface area (Å²) < 4.78 is 0. The van der Waals surface area contributed by atoms with E-state index in [0.29, 0.717) is 11.8 Å². The zero-order valence-electron chi connectivity index (χ0n) is 11.0. The smallest absolute Gasteiger partial charge is 0.0571 e. The number of aliphatic hydroxyl groups is 1. The number of hydrogen-bond acceptors (Lipinski definition) is 2. The summed E-state index contributed by atoms with van der Waals surface area (Å²) in [4.78, 5) is 0. The van der Waals surface area contributed by atoms with Gasteiger partial charge in [0.25, 0.3) is 0 Å². The predicted molar refractivity (Wildman–Crippen MR) is 73.2 cm³/mol. The van der Waals surface area contributed by atoms with Crippen LogP contribution >= 0.6 is 0 Å². The largest absolute Gasteiger partial charge is 0.393 e. The van der Waals surface area contributed by atoms with E-state index >= 15 is 0 Å². The molecule has 2 aliphatic carbocycles. The number of fused-ring (bicyclic) bond motifs is 2. The van der Waals surface area contributed by atoms with Gasteiger partial charge in [-0.05, 0) is 43.1 Å². The first kappa shape index (κ1) is 12.2. The number of hydrogen-bond donors (Lipinski definition) is 2. The van der Waals surface area contributed by atoms with Crippen molar-refractivity contribution >= 4 is 0 Å². The Morgan fingerprint density at radius 1 is 1.33 bits per heavy atom. The van der Waals surface area contributed by atoms with Gasteiger partial charge in [0.05, 0.1) is 6.10 Å². The van der Waals surface area contributed by atoms with Gasteiger partial charge in [-0.15, -0.1) is 0 Å². The second-order valence-corrected chi connectivity index (χ2v) is 6.12. The molecule has 2 saturated carbocycles. The number of rotatable bonds is 3. The molecule has 98 valence electrons. The lowest BCUT2D eigenvalue weighted by Crippen LogP contribution is -2.50. The maximum atomic E-state index is 10.0. The van der Waals surface area contributed by atoms with Crippen molar-refractivity contribution < 1.29 is 5.11 Å². The second kappa shape index (κ2) is 4.36. The van der Waals surface area contributed by atoms with E-state index in [1.165, 1.54) is 5.56 Å². The molecule has 4 unspecified atom stereocenters. The Labute approximate surface area is 109 Å².